The van der Waals surface area contributed by atoms with Crippen molar-refractivity contribution in [2.24, 2.45) is 0 Å². The molecule has 3 aromatic rings. The summed E-state index contributed by atoms with van der Waals surface area (Å²) in [6.45, 7) is 4.45. The molecule has 1 aromatic heterocycles. The molecule has 7 nitrogen and oxygen atoms in total. The van der Waals surface area contributed by atoms with Crippen molar-refractivity contribution in [1.29, 1.82) is 0 Å². The Hall–Kier alpha value is -3.03. The molecule has 31 heavy (non-hydrogen) atoms. The van der Waals surface area contributed by atoms with Crippen molar-refractivity contribution in [2.45, 2.75) is 31.7 Å². The fourth-order valence-electron chi connectivity index (χ4n) is 4.88. The van der Waals surface area contributed by atoms with E-state index >= 15 is 0 Å². The number of hydrogen-bond acceptors (Lipinski definition) is 6. The number of imidazole rings is 1. The van der Waals surface area contributed by atoms with Gasteiger partial charge in [-0.25, -0.2) is 4.98 Å². The van der Waals surface area contributed by atoms with E-state index < -0.39 is 0 Å². The lowest BCUT2D eigenvalue weighted by atomic mass is 10.0. The smallest absolute Gasteiger partial charge is 0.231 e. The van der Waals surface area contributed by atoms with Crippen LogP contribution in [-0.4, -0.2) is 47.0 Å². The summed E-state index contributed by atoms with van der Waals surface area (Å²) < 4.78 is 25.1. The van der Waals surface area contributed by atoms with E-state index in [0.29, 0.717) is 13.4 Å². The van der Waals surface area contributed by atoms with Gasteiger partial charge in [0.05, 0.1) is 25.5 Å². The van der Waals surface area contributed by atoms with E-state index in [0.717, 1.165) is 66.9 Å². The first-order valence-electron chi connectivity index (χ1n) is 10.7. The van der Waals surface area contributed by atoms with E-state index in [4.69, 9.17) is 18.9 Å². The van der Waals surface area contributed by atoms with Gasteiger partial charge < -0.3 is 23.5 Å². The minimum absolute atomic E-state index is 0.183. The van der Waals surface area contributed by atoms with E-state index in [1.165, 1.54) is 5.56 Å². The monoisotopic (exact) mass is 419 g/mol. The van der Waals surface area contributed by atoms with Crippen LogP contribution in [0, 0.1) is 0 Å². The van der Waals surface area contributed by atoms with Crippen LogP contribution in [0.5, 0.6) is 17.2 Å². The predicted molar refractivity (Wildman–Crippen MR) is 114 cm³/mol. The van der Waals surface area contributed by atoms with Gasteiger partial charge in [0, 0.05) is 25.2 Å². The summed E-state index contributed by atoms with van der Waals surface area (Å²) in [5.41, 5.74) is 3.28. The third kappa shape index (κ3) is 3.34. The SMILES string of the molecule is COc1cccc(-c2cnc3n2C[C@@]2(CCN(Cc4ccc5c(c4)OCO5)C2)OC3)c1. The molecular formula is C24H25N3O4. The first-order valence-corrected chi connectivity index (χ1v) is 10.7. The zero-order valence-corrected chi connectivity index (χ0v) is 17.5. The summed E-state index contributed by atoms with van der Waals surface area (Å²) in [5.74, 6) is 3.50. The molecule has 2 aromatic carbocycles. The summed E-state index contributed by atoms with van der Waals surface area (Å²) in [6.07, 6.45) is 2.96. The first-order chi connectivity index (χ1) is 15.2. The third-order valence-corrected chi connectivity index (χ3v) is 6.50. The zero-order chi connectivity index (χ0) is 20.8. The maximum atomic E-state index is 6.39. The van der Waals surface area contributed by atoms with Crippen LogP contribution in [0.15, 0.2) is 48.7 Å². The summed E-state index contributed by atoms with van der Waals surface area (Å²) in [7, 11) is 1.70. The highest BCUT2D eigenvalue weighted by molar-refractivity contribution is 5.61. The zero-order valence-electron chi connectivity index (χ0n) is 17.5. The number of aromatic nitrogens is 2. The van der Waals surface area contributed by atoms with Gasteiger partial charge in [-0.2, -0.15) is 0 Å². The molecule has 0 aliphatic carbocycles. The van der Waals surface area contributed by atoms with Crippen molar-refractivity contribution in [3.05, 3.63) is 60.0 Å². The summed E-state index contributed by atoms with van der Waals surface area (Å²) in [5, 5.41) is 0. The van der Waals surface area contributed by atoms with E-state index in [-0.39, 0.29) is 5.60 Å². The van der Waals surface area contributed by atoms with E-state index in [2.05, 4.69) is 38.7 Å². The number of nitrogens with zero attached hydrogens (tertiary/aromatic N) is 3. The average molecular weight is 419 g/mol. The number of methoxy groups -OCH3 is 1. The minimum atomic E-state index is -0.183. The van der Waals surface area contributed by atoms with Gasteiger partial charge in [0.1, 0.15) is 23.8 Å². The molecule has 6 rings (SSSR count). The molecule has 0 bridgehead atoms. The van der Waals surface area contributed by atoms with Crippen LogP contribution >= 0.6 is 0 Å². The highest BCUT2D eigenvalue weighted by atomic mass is 16.7. The number of fused-ring (bicyclic) bond motifs is 2. The molecule has 1 saturated heterocycles. The van der Waals surface area contributed by atoms with Crippen molar-refractivity contribution in [1.82, 2.24) is 14.5 Å². The van der Waals surface area contributed by atoms with Crippen LogP contribution in [-0.2, 0) is 24.4 Å². The number of ether oxygens (including phenoxy) is 4. The van der Waals surface area contributed by atoms with Crippen LogP contribution in [0.2, 0.25) is 0 Å². The van der Waals surface area contributed by atoms with Crippen molar-refractivity contribution in [3.8, 4) is 28.5 Å². The number of benzene rings is 2. The Kier molecular flexibility index (Phi) is 4.40. The molecule has 0 radical (unpaired) electrons. The highest BCUT2D eigenvalue weighted by Crippen LogP contribution is 2.37. The van der Waals surface area contributed by atoms with E-state index in [1.807, 2.05) is 24.4 Å². The maximum Gasteiger partial charge on any atom is 0.231 e. The fraction of sp³-hybridized carbons (Fsp3) is 0.375. The van der Waals surface area contributed by atoms with Gasteiger partial charge in [0.25, 0.3) is 0 Å². The number of likely N-dealkylation sites (tertiary alicyclic amines) is 1. The minimum Gasteiger partial charge on any atom is -0.497 e. The van der Waals surface area contributed by atoms with E-state index in [9.17, 15) is 0 Å². The average Bonchev–Trinajstić information content (AvgIpc) is 3.52. The number of hydrogen-bond donors (Lipinski definition) is 0. The second-order valence-corrected chi connectivity index (χ2v) is 8.50. The van der Waals surface area contributed by atoms with Gasteiger partial charge in [-0.3, -0.25) is 4.90 Å². The van der Waals surface area contributed by atoms with Gasteiger partial charge in [0.15, 0.2) is 11.5 Å². The topological polar surface area (TPSA) is 58.0 Å². The molecule has 160 valence electrons. The Morgan fingerprint density at radius 1 is 1.10 bits per heavy atom. The normalized spacial score (nSPS) is 22.1. The molecule has 0 unspecified atom stereocenters. The predicted octanol–water partition coefficient (Wildman–Crippen LogP) is 3.46. The molecule has 7 heteroatoms. The molecule has 0 saturated carbocycles. The Balaban J connectivity index is 1.21. The summed E-state index contributed by atoms with van der Waals surface area (Å²) in [4.78, 5) is 7.08. The largest absolute Gasteiger partial charge is 0.497 e. The van der Waals surface area contributed by atoms with Gasteiger partial charge >= 0.3 is 0 Å². The second-order valence-electron chi connectivity index (χ2n) is 8.50. The molecule has 0 amide bonds. The molecule has 1 atom stereocenters. The molecule has 3 aliphatic heterocycles. The number of rotatable bonds is 4. The van der Waals surface area contributed by atoms with Crippen LogP contribution in [0.1, 0.15) is 17.8 Å². The maximum absolute atomic E-state index is 6.39. The molecule has 4 heterocycles. The van der Waals surface area contributed by atoms with Gasteiger partial charge in [-0.15, -0.1) is 0 Å². The lowest BCUT2D eigenvalue weighted by Crippen LogP contribution is -2.44. The Bertz CT molecular complexity index is 1130. The second kappa shape index (κ2) is 7.28. The third-order valence-electron chi connectivity index (χ3n) is 6.50. The Labute approximate surface area is 181 Å². The molecule has 1 fully saturated rings. The highest BCUT2D eigenvalue weighted by Gasteiger charge is 2.43. The van der Waals surface area contributed by atoms with Crippen LogP contribution in [0.3, 0.4) is 0 Å². The quantitative estimate of drug-likeness (QED) is 0.646. The van der Waals surface area contributed by atoms with Crippen molar-refractivity contribution in [2.75, 3.05) is 27.0 Å². The Morgan fingerprint density at radius 3 is 2.97 bits per heavy atom. The van der Waals surface area contributed by atoms with Crippen LogP contribution in [0.4, 0.5) is 0 Å². The Morgan fingerprint density at radius 2 is 2.03 bits per heavy atom. The molecule has 0 N–H and O–H groups in total. The van der Waals surface area contributed by atoms with Gasteiger partial charge in [-0.1, -0.05) is 18.2 Å². The van der Waals surface area contributed by atoms with E-state index in [1.54, 1.807) is 7.11 Å². The van der Waals surface area contributed by atoms with Crippen LogP contribution in [0.25, 0.3) is 11.3 Å². The molecule has 3 aliphatic rings. The first kappa shape index (κ1) is 18.7. The fourth-order valence-corrected chi connectivity index (χ4v) is 4.88. The summed E-state index contributed by atoms with van der Waals surface area (Å²) in [6, 6.07) is 14.4. The lowest BCUT2D eigenvalue weighted by Gasteiger charge is -2.35. The standard InChI is InChI=1S/C24H25N3O4/c1-28-19-4-2-3-18(10-19)20-11-25-23-13-31-24(15-27(20)23)7-8-26(14-24)12-17-5-6-21-22(9-17)30-16-29-21/h2-6,9-11H,7-8,12-16H2,1H3/t24-/m0/s1. The molecular weight excluding hydrogens is 394 g/mol. The summed E-state index contributed by atoms with van der Waals surface area (Å²) >= 11 is 0. The van der Waals surface area contributed by atoms with Gasteiger partial charge in [-0.05, 0) is 36.2 Å². The lowest BCUT2D eigenvalue weighted by molar-refractivity contribution is -0.0821. The van der Waals surface area contributed by atoms with Crippen molar-refractivity contribution < 1.29 is 18.9 Å². The van der Waals surface area contributed by atoms with Crippen molar-refractivity contribution >= 4 is 0 Å². The van der Waals surface area contributed by atoms with Crippen molar-refractivity contribution in [3.63, 3.8) is 0 Å². The molecule has 1 spiro atoms. The van der Waals surface area contributed by atoms with Gasteiger partial charge in [0.2, 0.25) is 6.79 Å². The van der Waals surface area contributed by atoms with Crippen LogP contribution < -0.4 is 14.2 Å².